The number of carbonyl (C=O) groups is 2. The third-order valence-corrected chi connectivity index (χ3v) is 2.18. The van der Waals surface area contributed by atoms with E-state index < -0.39 is 30.0 Å². The highest BCUT2D eigenvalue weighted by Gasteiger charge is 2.24. The first-order valence-electron chi connectivity index (χ1n) is 4.80. The van der Waals surface area contributed by atoms with Gasteiger partial charge in [0.15, 0.2) is 6.17 Å². The highest BCUT2D eigenvalue weighted by molar-refractivity contribution is 5.98. The molecule has 1 rings (SSSR count). The Morgan fingerprint density at radius 3 is 2.62 bits per heavy atom. The van der Waals surface area contributed by atoms with Gasteiger partial charge in [-0.05, 0) is 12.5 Å². The number of allylic oxidation sites excluding steroid dienone is 4. The molecule has 0 saturated heterocycles. The molecule has 0 radical (unpaired) electrons. The molecule has 88 valence electrons. The zero-order valence-corrected chi connectivity index (χ0v) is 8.73. The molecule has 0 aromatic heterocycles. The van der Waals surface area contributed by atoms with E-state index in [-0.39, 0.29) is 24.2 Å². The Balaban J connectivity index is 2.71. The normalized spacial score (nSPS) is 20.8. The quantitative estimate of drug-likeness (QED) is 0.698. The Morgan fingerprint density at radius 1 is 1.44 bits per heavy atom. The summed E-state index contributed by atoms with van der Waals surface area (Å²) in [4.78, 5) is 21.8. The largest absolute Gasteiger partial charge is 0.300 e. The summed E-state index contributed by atoms with van der Waals surface area (Å²) in [6.45, 7) is 1.24. The lowest BCUT2D eigenvalue weighted by Crippen LogP contribution is -2.13. The number of hydrogen-bond acceptors (Lipinski definition) is 2. The lowest BCUT2D eigenvalue weighted by molar-refractivity contribution is -0.125. The fraction of sp³-hybridized carbons (Fsp3) is 0.455. The maximum absolute atomic E-state index is 13.1. The van der Waals surface area contributed by atoms with Gasteiger partial charge in [-0.25, -0.2) is 13.2 Å². The lowest BCUT2D eigenvalue weighted by atomic mass is 9.96. The predicted octanol–water partition coefficient (Wildman–Crippen LogP) is 2.74. The van der Waals surface area contributed by atoms with Gasteiger partial charge in [0.2, 0.25) is 0 Å². The third-order valence-electron chi connectivity index (χ3n) is 2.18. The molecule has 0 spiro atoms. The second-order valence-electron chi connectivity index (χ2n) is 3.75. The van der Waals surface area contributed by atoms with E-state index in [2.05, 4.69) is 0 Å². The Labute approximate surface area is 90.8 Å². The monoisotopic (exact) mass is 232 g/mol. The van der Waals surface area contributed by atoms with E-state index in [0.717, 1.165) is 0 Å². The number of alkyl halides is 1. The van der Waals surface area contributed by atoms with Crippen LogP contribution in [0.15, 0.2) is 23.3 Å². The first kappa shape index (κ1) is 12.7. The zero-order valence-electron chi connectivity index (χ0n) is 8.73. The summed E-state index contributed by atoms with van der Waals surface area (Å²) in [6.07, 6.45) is -2.54. The van der Waals surface area contributed by atoms with Crippen molar-refractivity contribution in [3.8, 4) is 0 Å². The lowest BCUT2D eigenvalue weighted by Gasteiger charge is -2.14. The van der Waals surface area contributed by atoms with Crippen molar-refractivity contribution in [3.63, 3.8) is 0 Å². The minimum absolute atomic E-state index is 0.0832. The van der Waals surface area contributed by atoms with Gasteiger partial charge in [0.25, 0.3) is 0 Å². The molecular formula is C11H11F3O2. The van der Waals surface area contributed by atoms with Crippen LogP contribution in [0, 0.1) is 0 Å². The first-order valence-corrected chi connectivity index (χ1v) is 4.80. The van der Waals surface area contributed by atoms with Crippen LogP contribution in [-0.4, -0.2) is 17.7 Å². The van der Waals surface area contributed by atoms with Gasteiger partial charge in [-0.1, -0.05) is 0 Å². The predicted molar refractivity (Wildman–Crippen MR) is 51.8 cm³/mol. The van der Waals surface area contributed by atoms with Crippen LogP contribution in [0.25, 0.3) is 0 Å². The van der Waals surface area contributed by atoms with Crippen LogP contribution in [0.3, 0.4) is 0 Å². The minimum atomic E-state index is -1.89. The Morgan fingerprint density at radius 2 is 2.06 bits per heavy atom. The van der Waals surface area contributed by atoms with Crippen molar-refractivity contribution in [2.45, 2.75) is 32.4 Å². The molecule has 0 aromatic carbocycles. The molecule has 0 fully saturated rings. The van der Waals surface area contributed by atoms with E-state index in [1.54, 1.807) is 0 Å². The summed E-state index contributed by atoms with van der Waals surface area (Å²) >= 11 is 0. The molecule has 0 aliphatic heterocycles. The second-order valence-corrected chi connectivity index (χ2v) is 3.75. The molecule has 0 saturated carbocycles. The van der Waals surface area contributed by atoms with Crippen molar-refractivity contribution < 1.29 is 22.8 Å². The van der Waals surface area contributed by atoms with Gasteiger partial charge < -0.3 is 0 Å². The molecular weight excluding hydrogens is 221 g/mol. The van der Waals surface area contributed by atoms with E-state index in [9.17, 15) is 22.8 Å². The van der Waals surface area contributed by atoms with Crippen molar-refractivity contribution in [1.29, 1.82) is 0 Å². The van der Waals surface area contributed by atoms with Gasteiger partial charge in [0.1, 0.15) is 23.2 Å². The molecule has 0 heterocycles. The van der Waals surface area contributed by atoms with Crippen LogP contribution in [0.2, 0.25) is 0 Å². The van der Waals surface area contributed by atoms with Crippen molar-refractivity contribution in [3.05, 3.63) is 23.3 Å². The van der Waals surface area contributed by atoms with Crippen LogP contribution in [-0.2, 0) is 9.59 Å². The zero-order chi connectivity index (χ0) is 12.3. The third kappa shape index (κ3) is 3.32. The highest BCUT2D eigenvalue weighted by atomic mass is 19.2. The number of ketones is 2. The fourth-order valence-electron chi connectivity index (χ4n) is 1.46. The summed E-state index contributed by atoms with van der Waals surface area (Å²) in [5.41, 5.74) is -0.0832. The van der Waals surface area contributed by atoms with Gasteiger partial charge in [-0.2, -0.15) is 0 Å². The average molecular weight is 232 g/mol. The van der Waals surface area contributed by atoms with Gasteiger partial charge in [-0.3, -0.25) is 9.59 Å². The standard InChI is InChI=1S/C11H11F3O2/c1-6(15)2-8(16)3-7-4-10(13)11(14)5-9(7)12/h5,10H,2-4H2,1H3. The van der Waals surface area contributed by atoms with Gasteiger partial charge in [0.05, 0.1) is 6.42 Å². The Bertz CT molecular complexity index is 383. The molecule has 1 aliphatic rings. The van der Waals surface area contributed by atoms with Crippen LogP contribution in [0.5, 0.6) is 0 Å². The second kappa shape index (κ2) is 5.09. The summed E-state index contributed by atoms with van der Waals surface area (Å²) in [6, 6.07) is 0. The fourth-order valence-corrected chi connectivity index (χ4v) is 1.46. The molecule has 1 unspecified atom stereocenters. The van der Waals surface area contributed by atoms with Gasteiger partial charge >= 0.3 is 0 Å². The van der Waals surface area contributed by atoms with E-state index in [4.69, 9.17) is 0 Å². The molecule has 0 amide bonds. The molecule has 1 aliphatic carbocycles. The van der Waals surface area contributed by atoms with E-state index >= 15 is 0 Å². The van der Waals surface area contributed by atoms with Crippen molar-refractivity contribution in [2.24, 2.45) is 0 Å². The molecule has 0 aromatic rings. The number of rotatable bonds is 4. The number of carbonyl (C=O) groups excluding carboxylic acids is 2. The highest BCUT2D eigenvalue weighted by Crippen LogP contribution is 2.30. The Kier molecular flexibility index (Phi) is 4.04. The van der Waals surface area contributed by atoms with Crippen molar-refractivity contribution in [2.75, 3.05) is 0 Å². The smallest absolute Gasteiger partial charge is 0.155 e. The summed E-state index contributed by atoms with van der Waals surface area (Å²) in [7, 11) is 0. The first-order chi connectivity index (χ1) is 7.40. The van der Waals surface area contributed by atoms with Gasteiger partial charge in [-0.15, -0.1) is 0 Å². The number of Topliss-reactive ketones (excluding diaryl/α,β-unsaturated/α-hetero) is 2. The van der Waals surface area contributed by atoms with Crippen LogP contribution >= 0.6 is 0 Å². The topological polar surface area (TPSA) is 34.1 Å². The maximum Gasteiger partial charge on any atom is 0.155 e. The van der Waals surface area contributed by atoms with Crippen molar-refractivity contribution >= 4 is 11.6 Å². The summed E-state index contributed by atoms with van der Waals surface area (Å²) < 4.78 is 38.6. The summed E-state index contributed by atoms with van der Waals surface area (Å²) in [5.74, 6) is -2.90. The molecule has 5 heteroatoms. The molecule has 16 heavy (non-hydrogen) atoms. The SMILES string of the molecule is CC(=O)CC(=O)CC1=C(F)C=C(F)C(F)C1. The van der Waals surface area contributed by atoms with Crippen LogP contribution in [0.1, 0.15) is 26.2 Å². The van der Waals surface area contributed by atoms with E-state index in [1.165, 1.54) is 6.92 Å². The van der Waals surface area contributed by atoms with Crippen LogP contribution in [0.4, 0.5) is 13.2 Å². The van der Waals surface area contributed by atoms with Crippen molar-refractivity contribution in [1.82, 2.24) is 0 Å². The summed E-state index contributed by atoms with van der Waals surface area (Å²) in [5, 5.41) is 0. The molecule has 0 bridgehead atoms. The molecule has 2 nitrogen and oxygen atoms in total. The number of hydrogen-bond donors (Lipinski definition) is 0. The maximum atomic E-state index is 13.1. The van der Waals surface area contributed by atoms with E-state index in [0.29, 0.717) is 6.08 Å². The van der Waals surface area contributed by atoms with Gasteiger partial charge in [0, 0.05) is 18.9 Å². The molecule has 0 N–H and O–H groups in total. The average Bonchev–Trinajstić information content (AvgIpc) is 2.12. The van der Waals surface area contributed by atoms with E-state index in [1.807, 2.05) is 0 Å². The van der Waals surface area contributed by atoms with Crippen LogP contribution < -0.4 is 0 Å². The minimum Gasteiger partial charge on any atom is -0.300 e. The number of halogens is 3. The Hall–Kier alpha value is -1.39. The molecule has 1 atom stereocenters.